The molecule has 4 nitrogen and oxygen atoms in total. The normalized spacial score (nSPS) is 13.9. The quantitative estimate of drug-likeness (QED) is 0.787. The van der Waals surface area contributed by atoms with Crippen LogP contribution in [0.5, 0.6) is 0 Å². The van der Waals surface area contributed by atoms with Crippen molar-refractivity contribution in [1.29, 1.82) is 0 Å². The van der Waals surface area contributed by atoms with Crippen LogP contribution in [0.25, 0.3) is 0 Å². The number of rotatable bonds is 3. The summed E-state index contributed by atoms with van der Waals surface area (Å²) in [6.45, 7) is 7.68. The van der Waals surface area contributed by atoms with Gasteiger partial charge in [0.1, 0.15) is 10.7 Å². The van der Waals surface area contributed by atoms with Gasteiger partial charge in [0.05, 0.1) is 5.56 Å². The molecule has 8 heteroatoms. The Bertz CT molecular complexity index is 671. The molecule has 0 aromatic heterocycles. The summed E-state index contributed by atoms with van der Waals surface area (Å²) >= 11 is 3.05. The third kappa shape index (κ3) is 4.66. The van der Waals surface area contributed by atoms with Crippen LogP contribution >= 0.6 is 26.6 Å². The second-order valence-electron chi connectivity index (χ2n) is 5.76. The van der Waals surface area contributed by atoms with Crippen LogP contribution in [-0.4, -0.2) is 20.4 Å². The van der Waals surface area contributed by atoms with Crippen LogP contribution in [0.1, 0.15) is 38.1 Å². The van der Waals surface area contributed by atoms with E-state index in [2.05, 4.69) is 21.2 Å². The molecule has 0 saturated heterocycles. The van der Waals surface area contributed by atoms with Crippen molar-refractivity contribution in [2.75, 3.05) is 0 Å². The zero-order chi connectivity index (χ0) is 16.6. The number of amides is 1. The van der Waals surface area contributed by atoms with Crippen LogP contribution < -0.4 is 5.32 Å². The molecule has 1 unspecified atom stereocenters. The number of hydrogen-bond acceptors (Lipinski definition) is 3. The van der Waals surface area contributed by atoms with Crippen molar-refractivity contribution in [2.24, 2.45) is 5.41 Å². The molecule has 0 bridgehead atoms. The van der Waals surface area contributed by atoms with E-state index >= 15 is 0 Å². The predicted octanol–water partition coefficient (Wildman–Crippen LogP) is 3.68. The number of carbonyl (C=O) groups is 1. The molecule has 21 heavy (non-hydrogen) atoms. The monoisotopic (exact) mass is 399 g/mol. The molecule has 1 amide bonds. The summed E-state index contributed by atoms with van der Waals surface area (Å²) in [7, 11) is 0.890. The summed E-state index contributed by atoms with van der Waals surface area (Å²) in [4.78, 5) is 11.5. The van der Waals surface area contributed by atoms with E-state index in [-0.39, 0.29) is 21.5 Å². The Morgan fingerprint density at radius 1 is 1.38 bits per heavy atom. The van der Waals surface area contributed by atoms with Crippen molar-refractivity contribution in [2.45, 2.75) is 38.6 Å². The third-order valence-corrected chi connectivity index (χ3v) is 5.17. The van der Waals surface area contributed by atoms with Gasteiger partial charge in [-0.25, -0.2) is 12.8 Å². The molecular weight excluding hydrogens is 385 g/mol. The van der Waals surface area contributed by atoms with Gasteiger partial charge in [0.25, 0.3) is 15.0 Å². The molecule has 0 aliphatic heterocycles. The van der Waals surface area contributed by atoms with Crippen molar-refractivity contribution >= 4 is 41.6 Å². The fourth-order valence-corrected chi connectivity index (χ4v) is 2.78. The van der Waals surface area contributed by atoms with Crippen LogP contribution in [0.2, 0.25) is 0 Å². The maximum Gasteiger partial charge on any atom is 0.264 e. The van der Waals surface area contributed by atoms with E-state index in [1.54, 1.807) is 0 Å². The first-order valence-corrected chi connectivity index (χ1v) is 9.19. The fraction of sp³-hybridized carbons (Fsp3) is 0.462. The Balaban J connectivity index is 3.23. The van der Waals surface area contributed by atoms with Crippen LogP contribution in [0, 0.1) is 11.2 Å². The van der Waals surface area contributed by atoms with Crippen LogP contribution in [-0.2, 0) is 9.05 Å². The topological polar surface area (TPSA) is 63.2 Å². The van der Waals surface area contributed by atoms with Crippen LogP contribution in [0.15, 0.2) is 21.5 Å². The van der Waals surface area contributed by atoms with Crippen molar-refractivity contribution in [3.63, 3.8) is 0 Å². The van der Waals surface area contributed by atoms with Gasteiger partial charge in [0.15, 0.2) is 0 Å². The van der Waals surface area contributed by atoms with Crippen molar-refractivity contribution in [3.8, 4) is 0 Å². The number of carbonyl (C=O) groups excluding carboxylic acids is 1. The highest BCUT2D eigenvalue weighted by Crippen LogP contribution is 2.27. The van der Waals surface area contributed by atoms with Gasteiger partial charge in [0, 0.05) is 21.2 Å². The second kappa shape index (κ2) is 6.22. The lowest BCUT2D eigenvalue weighted by molar-refractivity contribution is 0.0909. The Morgan fingerprint density at radius 2 is 1.90 bits per heavy atom. The smallest absolute Gasteiger partial charge is 0.264 e. The zero-order valence-electron chi connectivity index (χ0n) is 12.0. The number of halogens is 3. The number of nitrogens with one attached hydrogen (secondary N) is 1. The first-order chi connectivity index (χ1) is 9.34. The van der Waals surface area contributed by atoms with Gasteiger partial charge >= 0.3 is 0 Å². The summed E-state index contributed by atoms with van der Waals surface area (Å²) in [6, 6.07) is 1.66. The Labute approximate surface area is 136 Å². The molecule has 0 radical (unpaired) electrons. The second-order valence-corrected chi connectivity index (χ2v) is 9.15. The van der Waals surface area contributed by atoms with E-state index in [0.717, 1.165) is 12.1 Å². The standard InChI is InChI=1S/C13H16BrClFNO3S/c1-7(13(2,3)4)17-12(18)8-5-11(21(15,19)20)10(16)6-9(8)14/h5-7H,1-4H3,(H,17,18). The van der Waals surface area contributed by atoms with Crippen LogP contribution in [0.3, 0.4) is 0 Å². The molecule has 1 aromatic carbocycles. The Kier molecular flexibility index (Phi) is 5.45. The molecule has 0 fully saturated rings. The number of benzene rings is 1. The average molecular weight is 401 g/mol. The molecule has 118 valence electrons. The molecule has 0 aliphatic carbocycles. The van der Waals surface area contributed by atoms with Gasteiger partial charge in [-0.15, -0.1) is 0 Å². The SMILES string of the molecule is CC(NC(=O)c1cc(S(=O)(=O)Cl)c(F)cc1Br)C(C)(C)C. The van der Waals surface area contributed by atoms with Crippen molar-refractivity contribution in [3.05, 3.63) is 28.0 Å². The summed E-state index contributed by atoms with van der Waals surface area (Å²) in [5.41, 5.74) is -0.171. The minimum atomic E-state index is -4.27. The highest BCUT2D eigenvalue weighted by Gasteiger charge is 2.25. The van der Waals surface area contributed by atoms with E-state index in [9.17, 15) is 17.6 Å². The van der Waals surface area contributed by atoms with E-state index in [1.807, 2.05) is 27.7 Å². The lowest BCUT2D eigenvalue weighted by Crippen LogP contribution is -2.41. The maximum atomic E-state index is 13.6. The Hall–Kier alpha value is -0.660. The lowest BCUT2D eigenvalue weighted by Gasteiger charge is -2.28. The molecule has 1 N–H and O–H groups in total. The van der Waals surface area contributed by atoms with E-state index in [1.165, 1.54) is 0 Å². The minimum absolute atomic E-state index is 0.00623. The highest BCUT2D eigenvalue weighted by molar-refractivity contribution is 9.10. The van der Waals surface area contributed by atoms with Gasteiger partial charge < -0.3 is 5.32 Å². The lowest BCUT2D eigenvalue weighted by atomic mass is 9.88. The molecule has 0 heterocycles. The largest absolute Gasteiger partial charge is 0.349 e. The summed E-state index contributed by atoms with van der Waals surface area (Å²) in [5.74, 6) is -1.52. The van der Waals surface area contributed by atoms with Gasteiger partial charge in [-0.05, 0) is 40.4 Å². The minimum Gasteiger partial charge on any atom is -0.349 e. The average Bonchev–Trinajstić information content (AvgIpc) is 2.25. The summed E-state index contributed by atoms with van der Waals surface area (Å²) in [5, 5.41) is 2.75. The van der Waals surface area contributed by atoms with Gasteiger partial charge in [-0.1, -0.05) is 20.8 Å². The summed E-state index contributed by atoms with van der Waals surface area (Å²) in [6.07, 6.45) is 0. The predicted molar refractivity (Wildman–Crippen MR) is 83.5 cm³/mol. The van der Waals surface area contributed by atoms with E-state index < -0.39 is 25.7 Å². The fourth-order valence-electron chi connectivity index (χ4n) is 1.38. The zero-order valence-corrected chi connectivity index (χ0v) is 15.2. The highest BCUT2D eigenvalue weighted by atomic mass is 79.9. The molecule has 0 spiro atoms. The molecule has 1 rings (SSSR count). The molecule has 0 aliphatic rings. The van der Waals surface area contributed by atoms with Crippen molar-refractivity contribution in [1.82, 2.24) is 5.32 Å². The maximum absolute atomic E-state index is 13.6. The van der Waals surface area contributed by atoms with E-state index in [0.29, 0.717) is 0 Å². The van der Waals surface area contributed by atoms with E-state index in [4.69, 9.17) is 10.7 Å². The van der Waals surface area contributed by atoms with Gasteiger partial charge in [-0.3, -0.25) is 4.79 Å². The molecular formula is C13H16BrClFNO3S. The van der Waals surface area contributed by atoms with Gasteiger partial charge in [-0.2, -0.15) is 0 Å². The number of hydrogen-bond donors (Lipinski definition) is 1. The molecule has 1 atom stereocenters. The van der Waals surface area contributed by atoms with Gasteiger partial charge in [0.2, 0.25) is 0 Å². The molecule has 0 saturated carbocycles. The van der Waals surface area contributed by atoms with Crippen LogP contribution in [0.4, 0.5) is 4.39 Å². The van der Waals surface area contributed by atoms with Crippen molar-refractivity contribution < 1.29 is 17.6 Å². The first-order valence-electron chi connectivity index (χ1n) is 6.08. The third-order valence-electron chi connectivity index (χ3n) is 3.18. The Morgan fingerprint density at radius 3 is 2.33 bits per heavy atom. The molecule has 1 aromatic rings. The first kappa shape index (κ1) is 18.4. The summed E-state index contributed by atoms with van der Waals surface area (Å²) < 4.78 is 36.4.